The summed E-state index contributed by atoms with van der Waals surface area (Å²) in [6.45, 7) is 0.407. The van der Waals surface area contributed by atoms with Gasteiger partial charge in [-0.05, 0) is 24.3 Å². The Labute approximate surface area is 122 Å². The lowest BCUT2D eigenvalue weighted by molar-refractivity contribution is 0.608. The van der Waals surface area contributed by atoms with Gasteiger partial charge in [0, 0.05) is 35.4 Å². The Morgan fingerprint density at radius 3 is 2.70 bits per heavy atom. The molecule has 0 atom stereocenters. The molecular weight excluding hydrogens is 277 g/mol. The van der Waals surface area contributed by atoms with Gasteiger partial charge in [-0.3, -0.25) is 5.41 Å². The molecule has 2 aromatic carbocycles. The van der Waals surface area contributed by atoms with Crippen molar-refractivity contribution in [2.45, 2.75) is 6.54 Å². The molecule has 0 bridgehead atoms. The number of nitrogens with zero attached hydrogens (tertiary/aromatic N) is 1. The number of anilines is 1. The highest BCUT2D eigenvalue weighted by molar-refractivity contribution is 6.30. The predicted octanol–water partition coefficient (Wildman–Crippen LogP) is 3.40. The minimum absolute atomic E-state index is 0.0120. The number of hydrogen-bond acceptors (Lipinski definition) is 2. The third-order valence-electron chi connectivity index (χ3n) is 3.02. The zero-order valence-electron chi connectivity index (χ0n) is 11.0. The Kier molecular flexibility index (Phi) is 4.25. The number of amidine groups is 1. The molecule has 0 spiro atoms. The summed E-state index contributed by atoms with van der Waals surface area (Å²) in [6, 6.07) is 11.9. The van der Waals surface area contributed by atoms with Crippen LogP contribution in [0.25, 0.3) is 0 Å². The standard InChI is InChI=1S/C15H15ClFN3/c1-20(9-11-5-6-12(16)8-14(11)17)13-4-2-3-10(7-13)15(18)19/h2-8H,9H2,1H3,(H3,18,19). The zero-order chi connectivity index (χ0) is 14.7. The summed E-state index contributed by atoms with van der Waals surface area (Å²) < 4.78 is 13.8. The van der Waals surface area contributed by atoms with Crippen LogP contribution in [0, 0.1) is 11.2 Å². The second-order valence-electron chi connectivity index (χ2n) is 4.56. The number of benzene rings is 2. The summed E-state index contributed by atoms with van der Waals surface area (Å²) in [7, 11) is 1.85. The van der Waals surface area contributed by atoms with Gasteiger partial charge >= 0.3 is 0 Å². The van der Waals surface area contributed by atoms with Crippen molar-refractivity contribution in [2.75, 3.05) is 11.9 Å². The van der Waals surface area contributed by atoms with Crippen LogP contribution in [0.4, 0.5) is 10.1 Å². The highest BCUT2D eigenvalue weighted by Gasteiger charge is 2.08. The molecule has 0 fully saturated rings. The first kappa shape index (κ1) is 14.3. The summed E-state index contributed by atoms with van der Waals surface area (Å²) in [6.07, 6.45) is 0. The summed E-state index contributed by atoms with van der Waals surface area (Å²) >= 11 is 5.74. The molecule has 3 N–H and O–H groups in total. The Morgan fingerprint density at radius 1 is 1.30 bits per heavy atom. The van der Waals surface area contributed by atoms with E-state index in [1.165, 1.54) is 6.07 Å². The molecule has 0 amide bonds. The molecule has 5 heteroatoms. The molecule has 3 nitrogen and oxygen atoms in total. The average molecular weight is 292 g/mol. The lowest BCUT2D eigenvalue weighted by Gasteiger charge is -2.20. The molecule has 0 aliphatic carbocycles. The maximum atomic E-state index is 13.8. The van der Waals surface area contributed by atoms with Gasteiger partial charge in [-0.25, -0.2) is 4.39 Å². The van der Waals surface area contributed by atoms with Crippen LogP contribution in [0.5, 0.6) is 0 Å². The molecule has 0 heterocycles. The molecule has 0 saturated carbocycles. The Bertz CT molecular complexity index is 643. The van der Waals surface area contributed by atoms with E-state index in [1.807, 2.05) is 24.1 Å². The Morgan fingerprint density at radius 2 is 2.05 bits per heavy atom. The van der Waals surface area contributed by atoms with Gasteiger partial charge in [-0.1, -0.05) is 29.8 Å². The third kappa shape index (κ3) is 3.27. The van der Waals surface area contributed by atoms with Crippen molar-refractivity contribution in [1.29, 1.82) is 5.41 Å². The fourth-order valence-electron chi connectivity index (χ4n) is 1.91. The van der Waals surface area contributed by atoms with Crippen LogP contribution in [0.3, 0.4) is 0 Å². The van der Waals surface area contributed by atoms with Crippen molar-refractivity contribution in [3.63, 3.8) is 0 Å². The van der Waals surface area contributed by atoms with Gasteiger partial charge in [-0.15, -0.1) is 0 Å². The fourth-order valence-corrected chi connectivity index (χ4v) is 2.07. The van der Waals surface area contributed by atoms with E-state index in [0.717, 1.165) is 5.69 Å². The molecule has 0 aromatic heterocycles. The summed E-state index contributed by atoms with van der Waals surface area (Å²) in [5.41, 5.74) is 7.54. The van der Waals surface area contributed by atoms with Crippen molar-refractivity contribution in [1.82, 2.24) is 0 Å². The number of nitrogens with two attached hydrogens (primary N) is 1. The highest BCUT2D eigenvalue weighted by atomic mass is 35.5. The van der Waals surface area contributed by atoms with Gasteiger partial charge in [0.2, 0.25) is 0 Å². The van der Waals surface area contributed by atoms with Crippen LogP contribution >= 0.6 is 11.6 Å². The third-order valence-corrected chi connectivity index (χ3v) is 3.26. The molecule has 2 rings (SSSR count). The molecule has 20 heavy (non-hydrogen) atoms. The van der Waals surface area contributed by atoms with Gasteiger partial charge in [0.05, 0.1) is 0 Å². The number of hydrogen-bond donors (Lipinski definition) is 2. The van der Waals surface area contributed by atoms with Crippen molar-refractivity contribution in [3.05, 3.63) is 64.4 Å². The van der Waals surface area contributed by atoms with Gasteiger partial charge in [0.15, 0.2) is 0 Å². The fraction of sp³-hybridized carbons (Fsp3) is 0.133. The predicted molar refractivity (Wildman–Crippen MR) is 81.0 cm³/mol. The smallest absolute Gasteiger partial charge is 0.129 e. The SMILES string of the molecule is CN(Cc1ccc(Cl)cc1F)c1cccc(C(=N)N)c1. The van der Waals surface area contributed by atoms with Crippen LogP contribution in [0.2, 0.25) is 5.02 Å². The summed E-state index contributed by atoms with van der Waals surface area (Å²) in [5, 5.41) is 7.82. The number of halogens is 2. The van der Waals surface area contributed by atoms with Gasteiger partial charge in [0.1, 0.15) is 11.7 Å². The Hall–Kier alpha value is -2.07. The van der Waals surface area contributed by atoms with Crippen LogP contribution in [0.1, 0.15) is 11.1 Å². The molecule has 0 aliphatic heterocycles. The number of rotatable bonds is 4. The second-order valence-corrected chi connectivity index (χ2v) is 4.99. The lowest BCUT2D eigenvalue weighted by atomic mass is 10.1. The van der Waals surface area contributed by atoms with E-state index in [9.17, 15) is 4.39 Å². The first-order valence-electron chi connectivity index (χ1n) is 6.07. The topological polar surface area (TPSA) is 53.1 Å². The molecule has 0 saturated heterocycles. The molecule has 0 radical (unpaired) electrons. The van der Waals surface area contributed by atoms with Crippen molar-refractivity contribution in [3.8, 4) is 0 Å². The van der Waals surface area contributed by atoms with E-state index >= 15 is 0 Å². The quantitative estimate of drug-likeness (QED) is 0.670. The second kappa shape index (κ2) is 5.92. The van der Waals surface area contributed by atoms with E-state index in [4.69, 9.17) is 22.7 Å². The summed E-state index contributed by atoms with van der Waals surface area (Å²) in [4.78, 5) is 1.89. The van der Waals surface area contributed by atoms with Crippen molar-refractivity contribution < 1.29 is 4.39 Å². The minimum Gasteiger partial charge on any atom is -0.384 e. The molecule has 0 unspecified atom stereocenters. The van der Waals surface area contributed by atoms with E-state index < -0.39 is 0 Å². The van der Waals surface area contributed by atoms with Crippen LogP contribution < -0.4 is 10.6 Å². The van der Waals surface area contributed by atoms with E-state index in [0.29, 0.717) is 22.7 Å². The highest BCUT2D eigenvalue weighted by Crippen LogP contribution is 2.20. The maximum absolute atomic E-state index is 13.8. The van der Waals surface area contributed by atoms with Gasteiger partial charge in [0.25, 0.3) is 0 Å². The largest absolute Gasteiger partial charge is 0.384 e. The Balaban J connectivity index is 2.21. The van der Waals surface area contributed by atoms with Crippen LogP contribution in [-0.4, -0.2) is 12.9 Å². The number of nitrogens with one attached hydrogen (secondary N) is 1. The molecule has 0 aliphatic rings. The monoisotopic (exact) mass is 291 g/mol. The molecule has 104 valence electrons. The van der Waals surface area contributed by atoms with Gasteiger partial charge < -0.3 is 10.6 Å². The van der Waals surface area contributed by atoms with E-state index in [-0.39, 0.29) is 11.7 Å². The number of nitrogen functional groups attached to an aromatic ring is 1. The van der Waals surface area contributed by atoms with Crippen LogP contribution in [-0.2, 0) is 6.54 Å². The molecular formula is C15H15ClFN3. The lowest BCUT2D eigenvalue weighted by Crippen LogP contribution is -2.18. The maximum Gasteiger partial charge on any atom is 0.129 e. The van der Waals surface area contributed by atoms with Crippen molar-refractivity contribution in [2.24, 2.45) is 5.73 Å². The molecule has 2 aromatic rings. The zero-order valence-corrected chi connectivity index (χ0v) is 11.8. The van der Waals surface area contributed by atoms with Gasteiger partial charge in [-0.2, -0.15) is 0 Å². The first-order valence-corrected chi connectivity index (χ1v) is 6.44. The van der Waals surface area contributed by atoms with Crippen molar-refractivity contribution >= 4 is 23.1 Å². The average Bonchev–Trinajstić information content (AvgIpc) is 2.42. The van der Waals surface area contributed by atoms with E-state index in [1.54, 1.807) is 24.3 Å². The normalized spacial score (nSPS) is 10.3. The first-order chi connectivity index (χ1) is 9.47. The van der Waals surface area contributed by atoms with Crippen LogP contribution in [0.15, 0.2) is 42.5 Å². The minimum atomic E-state index is -0.327. The van der Waals surface area contributed by atoms with E-state index in [2.05, 4.69) is 0 Å². The summed E-state index contributed by atoms with van der Waals surface area (Å²) in [5.74, 6) is -0.315.